The third-order valence-corrected chi connectivity index (χ3v) is 5.86. The zero-order chi connectivity index (χ0) is 27.2. The Hall–Kier alpha value is -3.99. The zero-order valence-electron chi connectivity index (χ0n) is 19.0. The molecule has 0 aliphatic carbocycles. The number of benzene rings is 2. The lowest BCUT2D eigenvalue weighted by Gasteiger charge is -2.20. The smallest absolute Gasteiger partial charge is 0.416 e. The maximum Gasteiger partial charge on any atom is 0.416 e. The molecule has 2 N–H and O–H groups in total. The van der Waals surface area contributed by atoms with Gasteiger partial charge in [-0.25, -0.2) is 18.6 Å². The number of aromatic nitrogens is 1. The first-order chi connectivity index (χ1) is 17.3. The molecule has 0 amide bonds. The van der Waals surface area contributed by atoms with Crippen molar-refractivity contribution < 1.29 is 36.3 Å². The first-order valence-electron chi connectivity index (χ1n) is 10.6. The normalized spacial score (nSPS) is 12.5. The van der Waals surface area contributed by atoms with Crippen LogP contribution in [0.15, 0.2) is 51.7 Å². The molecule has 0 aliphatic rings. The van der Waals surface area contributed by atoms with Gasteiger partial charge in [0, 0.05) is 17.2 Å². The molecule has 37 heavy (non-hydrogen) atoms. The Morgan fingerprint density at radius 1 is 1.14 bits per heavy atom. The Morgan fingerprint density at radius 3 is 2.46 bits per heavy atom. The van der Waals surface area contributed by atoms with Gasteiger partial charge in [-0.1, -0.05) is 11.6 Å². The van der Waals surface area contributed by atoms with Crippen LogP contribution in [-0.2, 0) is 6.18 Å². The predicted octanol–water partition coefficient (Wildman–Crippen LogP) is 6.99. The van der Waals surface area contributed by atoms with Gasteiger partial charge in [0.2, 0.25) is 0 Å². The number of rotatable bonds is 5. The van der Waals surface area contributed by atoms with E-state index in [1.165, 1.54) is 26.0 Å². The lowest BCUT2D eigenvalue weighted by atomic mass is 9.98. The van der Waals surface area contributed by atoms with E-state index in [4.69, 9.17) is 16.0 Å². The van der Waals surface area contributed by atoms with E-state index in [1.807, 2.05) is 0 Å². The average molecular weight is 539 g/mol. The fraction of sp³-hybridized carbons (Fsp3) is 0.160. The van der Waals surface area contributed by atoms with Gasteiger partial charge in [-0.2, -0.15) is 13.2 Å². The number of carbonyl (C=O) groups is 1. The van der Waals surface area contributed by atoms with E-state index in [0.717, 1.165) is 18.2 Å². The fourth-order valence-corrected chi connectivity index (χ4v) is 4.01. The number of carboxylic acids is 1. The van der Waals surface area contributed by atoms with Crippen LogP contribution in [0, 0.1) is 18.6 Å². The molecule has 0 radical (unpaired) electrons. The van der Waals surface area contributed by atoms with E-state index >= 15 is 0 Å². The molecule has 4 aromatic rings. The van der Waals surface area contributed by atoms with Crippen LogP contribution in [0.25, 0.3) is 22.3 Å². The van der Waals surface area contributed by atoms with E-state index in [-0.39, 0.29) is 38.9 Å². The summed E-state index contributed by atoms with van der Waals surface area (Å²) >= 11 is 5.76. The minimum Gasteiger partial charge on any atom is -0.476 e. The maximum atomic E-state index is 14.5. The van der Waals surface area contributed by atoms with Crippen molar-refractivity contribution in [3.8, 4) is 11.3 Å². The molecular formula is C25H16ClF5N2O4. The van der Waals surface area contributed by atoms with Crippen LogP contribution in [0.1, 0.15) is 40.1 Å². The first-order valence-corrected chi connectivity index (χ1v) is 11.0. The summed E-state index contributed by atoms with van der Waals surface area (Å²) in [6.07, 6.45) is -4.83. The molecule has 2 aromatic carbocycles. The third kappa shape index (κ3) is 4.99. The molecule has 192 valence electrons. The van der Waals surface area contributed by atoms with E-state index in [9.17, 15) is 36.6 Å². The highest BCUT2D eigenvalue weighted by Crippen LogP contribution is 2.38. The number of hydrogen-bond acceptors (Lipinski definition) is 5. The standard InChI is InChI=1S/C25H16ClF5N2O4/c1-10-21(34)16-8-12(25(29,30)31)7-15(11(2)32-18-5-6-19(26)33-20(18)24(35)36)23(16)37-22(10)14-4-3-13(27)9-17(14)28/h3-9,11,32H,1-2H3,(H,35,36). The number of nitrogens with zero attached hydrogens (tertiary/aromatic N) is 1. The maximum absolute atomic E-state index is 14.5. The lowest BCUT2D eigenvalue weighted by molar-refractivity contribution is -0.137. The number of anilines is 1. The van der Waals surface area contributed by atoms with Crippen LogP contribution in [0.4, 0.5) is 27.6 Å². The second kappa shape index (κ2) is 9.47. The molecule has 0 saturated heterocycles. The van der Waals surface area contributed by atoms with Crippen molar-refractivity contribution in [2.75, 3.05) is 5.32 Å². The Labute approximate surface area is 210 Å². The van der Waals surface area contributed by atoms with E-state index in [1.54, 1.807) is 0 Å². The Balaban J connectivity index is 1.98. The quantitative estimate of drug-likeness (QED) is 0.210. The summed E-state index contributed by atoms with van der Waals surface area (Å²) < 4.78 is 75.0. The molecule has 4 rings (SSSR count). The minimum absolute atomic E-state index is 0.0609. The van der Waals surface area contributed by atoms with Gasteiger partial charge in [0.1, 0.15) is 28.1 Å². The molecule has 0 spiro atoms. The number of halogens is 6. The molecule has 1 unspecified atom stereocenters. The number of aromatic carboxylic acids is 1. The van der Waals surface area contributed by atoms with Gasteiger partial charge in [0.15, 0.2) is 11.1 Å². The van der Waals surface area contributed by atoms with Crippen LogP contribution in [0.3, 0.4) is 0 Å². The second-order valence-electron chi connectivity index (χ2n) is 8.15. The topological polar surface area (TPSA) is 92.4 Å². The van der Waals surface area contributed by atoms with Gasteiger partial charge >= 0.3 is 12.1 Å². The number of hydrogen-bond donors (Lipinski definition) is 2. The summed E-state index contributed by atoms with van der Waals surface area (Å²) in [6, 6.07) is 5.44. The third-order valence-electron chi connectivity index (χ3n) is 5.65. The SMILES string of the molecule is Cc1c(-c2ccc(F)cc2F)oc2c(C(C)Nc3ccc(Cl)nc3C(=O)O)cc(C(F)(F)F)cc2c1=O. The van der Waals surface area contributed by atoms with Crippen LogP contribution in [0.2, 0.25) is 5.15 Å². The Morgan fingerprint density at radius 2 is 1.84 bits per heavy atom. The molecule has 0 fully saturated rings. The molecule has 2 aromatic heterocycles. The van der Waals surface area contributed by atoms with Crippen molar-refractivity contribution in [1.82, 2.24) is 4.98 Å². The van der Waals surface area contributed by atoms with Crippen LogP contribution < -0.4 is 10.7 Å². The van der Waals surface area contributed by atoms with Crippen molar-refractivity contribution in [2.45, 2.75) is 26.1 Å². The Kier molecular flexibility index (Phi) is 6.68. The highest BCUT2D eigenvalue weighted by molar-refractivity contribution is 6.29. The van der Waals surface area contributed by atoms with E-state index in [0.29, 0.717) is 12.1 Å². The number of alkyl halides is 3. The second-order valence-corrected chi connectivity index (χ2v) is 8.54. The number of pyridine rings is 1. The summed E-state index contributed by atoms with van der Waals surface area (Å²) in [4.78, 5) is 28.5. The summed E-state index contributed by atoms with van der Waals surface area (Å²) in [5.41, 5.74) is -3.45. The molecule has 0 bridgehead atoms. The summed E-state index contributed by atoms with van der Waals surface area (Å²) in [7, 11) is 0. The van der Waals surface area contributed by atoms with E-state index in [2.05, 4.69) is 10.3 Å². The first kappa shape index (κ1) is 26.1. The Bertz CT molecular complexity index is 1620. The zero-order valence-corrected chi connectivity index (χ0v) is 19.8. The molecule has 0 aliphatic heterocycles. The molecule has 0 saturated carbocycles. The van der Waals surface area contributed by atoms with Crippen molar-refractivity contribution >= 4 is 34.2 Å². The van der Waals surface area contributed by atoms with Gasteiger partial charge in [0.05, 0.1) is 28.2 Å². The molecule has 12 heteroatoms. The van der Waals surface area contributed by atoms with Gasteiger partial charge < -0.3 is 14.8 Å². The summed E-state index contributed by atoms with van der Waals surface area (Å²) in [5.74, 6) is -3.64. The van der Waals surface area contributed by atoms with Gasteiger partial charge in [-0.15, -0.1) is 0 Å². The van der Waals surface area contributed by atoms with Crippen LogP contribution in [0.5, 0.6) is 0 Å². The van der Waals surface area contributed by atoms with Crippen molar-refractivity contribution in [3.63, 3.8) is 0 Å². The van der Waals surface area contributed by atoms with Gasteiger partial charge in [-0.05, 0) is 50.2 Å². The lowest BCUT2D eigenvalue weighted by Crippen LogP contribution is -2.16. The fourth-order valence-electron chi connectivity index (χ4n) is 3.86. The minimum atomic E-state index is -4.83. The average Bonchev–Trinajstić information content (AvgIpc) is 2.81. The van der Waals surface area contributed by atoms with Crippen molar-refractivity contribution in [3.05, 3.63) is 91.9 Å². The van der Waals surface area contributed by atoms with Crippen LogP contribution >= 0.6 is 11.6 Å². The van der Waals surface area contributed by atoms with Crippen molar-refractivity contribution in [2.24, 2.45) is 0 Å². The predicted molar refractivity (Wildman–Crippen MR) is 126 cm³/mol. The van der Waals surface area contributed by atoms with Gasteiger partial charge in [0.25, 0.3) is 0 Å². The van der Waals surface area contributed by atoms with Crippen molar-refractivity contribution in [1.29, 1.82) is 0 Å². The molecule has 6 nitrogen and oxygen atoms in total. The van der Waals surface area contributed by atoms with Crippen LogP contribution in [-0.4, -0.2) is 16.1 Å². The molecule has 1 atom stereocenters. The van der Waals surface area contributed by atoms with Gasteiger partial charge in [-0.3, -0.25) is 4.79 Å². The number of fused-ring (bicyclic) bond motifs is 1. The summed E-state index contributed by atoms with van der Waals surface area (Å²) in [6.45, 7) is 2.66. The number of carboxylic acid groups (broad SMARTS) is 1. The molecular weight excluding hydrogens is 523 g/mol. The highest BCUT2D eigenvalue weighted by Gasteiger charge is 2.33. The largest absolute Gasteiger partial charge is 0.476 e. The monoisotopic (exact) mass is 538 g/mol. The van der Waals surface area contributed by atoms with E-state index < -0.39 is 51.9 Å². The number of nitrogens with one attached hydrogen (secondary N) is 1. The highest BCUT2D eigenvalue weighted by atomic mass is 35.5. The molecule has 2 heterocycles. The summed E-state index contributed by atoms with van der Waals surface area (Å²) in [5, 5.41) is 11.7.